The largest absolute Gasteiger partial charge is 0.461 e. The second-order valence-electron chi connectivity index (χ2n) is 5.29. The highest BCUT2D eigenvalue weighted by molar-refractivity contribution is 5.87. The molecule has 96 valence electrons. The van der Waals surface area contributed by atoms with Crippen LogP contribution in [0.15, 0.2) is 12.2 Å². The molecule has 1 saturated heterocycles. The topological polar surface area (TPSA) is 29.5 Å². The normalized spacial score (nSPS) is 21.2. The summed E-state index contributed by atoms with van der Waals surface area (Å²) in [6, 6.07) is 0. The molecular weight excluding hydrogens is 214 g/mol. The third kappa shape index (κ3) is 3.84. The van der Waals surface area contributed by atoms with Crippen molar-refractivity contribution in [2.45, 2.75) is 38.5 Å². The van der Waals surface area contributed by atoms with E-state index in [1.54, 1.807) is 0 Å². The fraction of sp³-hybridized carbons (Fsp3) is 0.786. The first-order valence-electron chi connectivity index (χ1n) is 6.83. The fourth-order valence-corrected chi connectivity index (χ4v) is 2.50. The summed E-state index contributed by atoms with van der Waals surface area (Å²) in [7, 11) is 0. The summed E-state index contributed by atoms with van der Waals surface area (Å²) >= 11 is 0. The van der Waals surface area contributed by atoms with Crippen LogP contribution in [-0.2, 0) is 9.53 Å². The highest BCUT2D eigenvalue weighted by Crippen LogP contribution is 2.31. The molecule has 0 amide bonds. The van der Waals surface area contributed by atoms with Gasteiger partial charge in [0, 0.05) is 12.1 Å². The Morgan fingerprint density at radius 1 is 1.24 bits per heavy atom. The lowest BCUT2D eigenvalue weighted by Gasteiger charge is -2.25. The second kappa shape index (κ2) is 6.20. The highest BCUT2D eigenvalue weighted by atomic mass is 16.5. The van der Waals surface area contributed by atoms with E-state index in [1.807, 2.05) is 0 Å². The molecule has 2 aliphatic rings. The molecule has 0 aromatic carbocycles. The standard InChI is InChI=1S/C14H23NO2/c1-12(11-13-5-4-6-13)14(16)17-10-9-15-7-2-3-8-15/h13H,1-11H2. The summed E-state index contributed by atoms with van der Waals surface area (Å²) in [5.74, 6) is 0.504. The molecule has 0 radical (unpaired) electrons. The molecule has 1 heterocycles. The Morgan fingerprint density at radius 2 is 1.94 bits per heavy atom. The summed E-state index contributed by atoms with van der Waals surface area (Å²) < 4.78 is 5.26. The average Bonchev–Trinajstić information content (AvgIpc) is 2.76. The van der Waals surface area contributed by atoms with Gasteiger partial charge in [0.15, 0.2) is 0 Å². The van der Waals surface area contributed by atoms with Crippen molar-refractivity contribution in [1.29, 1.82) is 0 Å². The van der Waals surface area contributed by atoms with Crippen molar-refractivity contribution in [3.8, 4) is 0 Å². The van der Waals surface area contributed by atoms with Gasteiger partial charge in [0.2, 0.25) is 0 Å². The van der Waals surface area contributed by atoms with Crippen LogP contribution >= 0.6 is 0 Å². The van der Waals surface area contributed by atoms with E-state index in [-0.39, 0.29) is 5.97 Å². The molecule has 0 spiro atoms. The number of likely N-dealkylation sites (tertiary alicyclic amines) is 1. The van der Waals surface area contributed by atoms with Crippen molar-refractivity contribution in [2.24, 2.45) is 5.92 Å². The molecule has 0 aromatic heterocycles. The van der Waals surface area contributed by atoms with Crippen LogP contribution in [0.4, 0.5) is 0 Å². The molecule has 3 nitrogen and oxygen atoms in total. The van der Waals surface area contributed by atoms with Crippen LogP contribution in [0, 0.1) is 5.92 Å². The molecule has 0 aromatic rings. The predicted molar refractivity (Wildman–Crippen MR) is 67.7 cm³/mol. The lowest BCUT2D eigenvalue weighted by molar-refractivity contribution is -0.139. The van der Waals surface area contributed by atoms with Gasteiger partial charge in [-0.1, -0.05) is 25.8 Å². The van der Waals surface area contributed by atoms with E-state index in [2.05, 4.69) is 11.5 Å². The first-order valence-corrected chi connectivity index (χ1v) is 6.83. The molecular formula is C14H23NO2. The van der Waals surface area contributed by atoms with Gasteiger partial charge in [-0.05, 0) is 38.3 Å². The van der Waals surface area contributed by atoms with Gasteiger partial charge < -0.3 is 4.74 Å². The smallest absolute Gasteiger partial charge is 0.333 e. The summed E-state index contributed by atoms with van der Waals surface area (Å²) in [6.07, 6.45) is 7.20. The number of carbonyl (C=O) groups is 1. The Labute approximate surface area is 104 Å². The Kier molecular flexibility index (Phi) is 4.60. The molecule has 2 rings (SSSR count). The van der Waals surface area contributed by atoms with Crippen molar-refractivity contribution in [3.63, 3.8) is 0 Å². The third-order valence-electron chi connectivity index (χ3n) is 3.89. The van der Waals surface area contributed by atoms with E-state index in [0.29, 0.717) is 18.1 Å². The molecule has 0 atom stereocenters. The van der Waals surface area contributed by atoms with Crippen molar-refractivity contribution < 1.29 is 9.53 Å². The Balaban J connectivity index is 1.57. The van der Waals surface area contributed by atoms with E-state index in [1.165, 1.54) is 32.1 Å². The zero-order chi connectivity index (χ0) is 12.1. The van der Waals surface area contributed by atoms with Gasteiger partial charge in [0.1, 0.15) is 6.61 Å². The van der Waals surface area contributed by atoms with Crippen molar-refractivity contribution in [3.05, 3.63) is 12.2 Å². The van der Waals surface area contributed by atoms with Crippen molar-refractivity contribution in [1.82, 2.24) is 4.90 Å². The Hall–Kier alpha value is -0.830. The van der Waals surface area contributed by atoms with Gasteiger partial charge in [-0.15, -0.1) is 0 Å². The average molecular weight is 237 g/mol. The van der Waals surface area contributed by atoms with Gasteiger partial charge in [0.05, 0.1) is 0 Å². The van der Waals surface area contributed by atoms with Gasteiger partial charge in [-0.25, -0.2) is 4.79 Å². The maximum Gasteiger partial charge on any atom is 0.333 e. The number of hydrogen-bond acceptors (Lipinski definition) is 3. The highest BCUT2D eigenvalue weighted by Gasteiger charge is 2.21. The minimum Gasteiger partial charge on any atom is -0.461 e. The Bertz CT molecular complexity index is 278. The van der Waals surface area contributed by atoms with Gasteiger partial charge in [-0.3, -0.25) is 4.90 Å². The van der Waals surface area contributed by atoms with Crippen molar-refractivity contribution >= 4 is 5.97 Å². The zero-order valence-corrected chi connectivity index (χ0v) is 10.6. The molecule has 1 saturated carbocycles. The van der Waals surface area contributed by atoms with Crippen LogP contribution in [0.25, 0.3) is 0 Å². The molecule has 1 aliphatic carbocycles. The monoisotopic (exact) mass is 237 g/mol. The molecule has 2 fully saturated rings. The van der Waals surface area contributed by atoms with Crippen LogP contribution in [-0.4, -0.2) is 37.1 Å². The number of rotatable bonds is 6. The van der Waals surface area contributed by atoms with Crippen molar-refractivity contribution in [2.75, 3.05) is 26.2 Å². The maximum atomic E-state index is 11.7. The lowest BCUT2D eigenvalue weighted by Crippen LogP contribution is -2.25. The summed E-state index contributed by atoms with van der Waals surface area (Å²) in [6.45, 7) is 7.54. The predicted octanol–water partition coefficient (Wildman–Crippen LogP) is 2.37. The molecule has 17 heavy (non-hydrogen) atoms. The van der Waals surface area contributed by atoms with E-state index in [0.717, 1.165) is 26.1 Å². The lowest BCUT2D eigenvalue weighted by atomic mass is 9.81. The first kappa shape index (κ1) is 12.6. The Morgan fingerprint density at radius 3 is 2.53 bits per heavy atom. The van der Waals surface area contributed by atoms with Crippen LogP contribution in [0.1, 0.15) is 38.5 Å². The second-order valence-corrected chi connectivity index (χ2v) is 5.29. The number of ether oxygens (including phenoxy) is 1. The quantitative estimate of drug-likeness (QED) is 0.524. The minimum absolute atomic E-state index is 0.184. The maximum absolute atomic E-state index is 11.7. The molecule has 0 unspecified atom stereocenters. The number of nitrogens with zero attached hydrogens (tertiary/aromatic N) is 1. The van der Waals surface area contributed by atoms with Crippen LogP contribution in [0.3, 0.4) is 0 Å². The molecule has 0 bridgehead atoms. The van der Waals surface area contributed by atoms with E-state index < -0.39 is 0 Å². The van der Waals surface area contributed by atoms with Crippen LogP contribution in [0.5, 0.6) is 0 Å². The number of esters is 1. The fourth-order valence-electron chi connectivity index (χ4n) is 2.50. The first-order chi connectivity index (χ1) is 8.25. The van der Waals surface area contributed by atoms with Crippen LogP contribution in [0.2, 0.25) is 0 Å². The van der Waals surface area contributed by atoms with E-state index in [9.17, 15) is 4.79 Å². The number of hydrogen-bond donors (Lipinski definition) is 0. The summed E-state index contributed by atoms with van der Waals surface area (Å²) in [5, 5.41) is 0. The van der Waals surface area contributed by atoms with E-state index in [4.69, 9.17) is 4.74 Å². The minimum atomic E-state index is -0.184. The zero-order valence-electron chi connectivity index (χ0n) is 10.6. The summed E-state index contributed by atoms with van der Waals surface area (Å²) in [4.78, 5) is 14.0. The van der Waals surface area contributed by atoms with Crippen LogP contribution < -0.4 is 0 Å². The van der Waals surface area contributed by atoms with E-state index >= 15 is 0 Å². The summed E-state index contributed by atoms with van der Waals surface area (Å²) in [5.41, 5.74) is 0.663. The third-order valence-corrected chi connectivity index (χ3v) is 3.89. The number of carbonyl (C=O) groups excluding carboxylic acids is 1. The molecule has 3 heteroatoms. The molecule has 1 aliphatic heterocycles. The van der Waals surface area contributed by atoms with Gasteiger partial charge >= 0.3 is 5.97 Å². The van der Waals surface area contributed by atoms with Gasteiger partial charge in [0.25, 0.3) is 0 Å². The SMILES string of the molecule is C=C(CC1CCC1)C(=O)OCCN1CCCC1. The molecule has 0 N–H and O–H groups in total. The van der Waals surface area contributed by atoms with Gasteiger partial charge in [-0.2, -0.15) is 0 Å².